The maximum absolute atomic E-state index is 12.3. The molecule has 1 aliphatic heterocycles. The molecule has 130 valence electrons. The number of aryl methyl sites for hydroxylation is 2. The van der Waals surface area contributed by atoms with Crippen LogP contribution in [0.2, 0.25) is 0 Å². The number of carbonyl (C=O) groups is 2. The van der Waals surface area contributed by atoms with Crippen molar-refractivity contribution >= 4 is 11.8 Å². The molecule has 1 aromatic carbocycles. The highest BCUT2D eigenvalue weighted by Crippen LogP contribution is 2.22. The van der Waals surface area contributed by atoms with Crippen LogP contribution in [0.4, 0.5) is 0 Å². The lowest BCUT2D eigenvalue weighted by molar-refractivity contribution is -0.161. The van der Waals surface area contributed by atoms with Crippen LogP contribution in [-0.4, -0.2) is 55.6 Å². The minimum atomic E-state index is -0.588. The highest BCUT2D eigenvalue weighted by Gasteiger charge is 2.27. The standard InChI is InChI=1S/C19H25NO4/c1-2-20-9-10-23-18(12-20)19(22)24-13-17(21)16-8-7-14-5-3-4-6-15(14)11-16/h7-8,11,18H,2-6,9-10,12-13H2,1H3/t18-/m1/s1. The third kappa shape index (κ3) is 4.02. The summed E-state index contributed by atoms with van der Waals surface area (Å²) in [4.78, 5) is 26.6. The Kier molecular flexibility index (Phi) is 5.63. The number of likely N-dealkylation sites (N-methyl/N-ethyl adjacent to an activating group) is 1. The summed E-state index contributed by atoms with van der Waals surface area (Å²) in [6, 6.07) is 5.84. The molecule has 5 nitrogen and oxygen atoms in total. The van der Waals surface area contributed by atoms with E-state index in [4.69, 9.17) is 9.47 Å². The monoisotopic (exact) mass is 331 g/mol. The van der Waals surface area contributed by atoms with Crippen LogP contribution in [-0.2, 0) is 27.1 Å². The van der Waals surface area contributed by atoms with Crippen LogP contribution < -0.4 is 0 Å². The SMILES string of the molecule is CCN1CCO[C@@H](C(=O)OCC(=O)c2ccc3c(c2)CCCC3)C1. The zero-order valence-corrected chi connectivity index (χ0v) is 14.3. The van der Waals surface area contributed by atoms with Crippen molar-refractivity contribution in [3.8, 4) is 0 Å². The van der Waals surface area contributed by atoms with Crippen molar-refractivity contribution in [3.63, 3.8) is 0 Å². The highest BCUT2D eigenvalue weighted by atomic mass is 16.6. The zero-order valence-electron chi connectivity index (χ0n) is 14.3. The zero-order chi connectivity index (χ0) is 16.9. The number of nitrogens with zero attached hydrogens (tertiary/aromatic N) is 1. The largest absolute Gasteiger partial charge is 0.455 e. The second-order valence-electron chi connectivity index (χ2n) is 6.47. The molecule has 2 aliphatic rings. The van der Waals surface area contributed by atoms with Gasteiger partial charge >= 0.3 is 5.97 Å². The first-order valence-electron chi connectivity index (χ1n) is 8.83. The van der Waals surface area contributed by atoms with Crippen LogP contribution in [0.5, 0.6) is 0 Å². The maximum atomic E-state index is 12.3. The molecule has 1 fully saturated rings. The van der Waals surface area contributed by atoms with Crippen molar-refractivity contribution in [2.45, 2.75) is 38.7 Å². The molecule has 0 radical (unpaired) electrons. The molecule has 0 N–H and O–H groups in total. The lowest BCUT2D eigenvalue weighted by Crippen LogP contribution is -2.46. The first-order chi connectivity index (χ1) is 11.7. The molecule has 5 heteroatoms. The average Bonchev–Trinajstić information content (AvgIpc) is 2.65. The van der Waals surface area contributed by atoms with Crippen molar-refractivity contribution in [3.05, 3.63) is 34.9 Å². The molecule has 1 saturated heterocycles. The Labute approximate surface area is 142 Å². The fourth-order valence-electron chi connectivity index (χ4n) is 3.35. The first kappa shape index (κ1) is 17.1. The van der Waals surface area contributed by atoms with Gasteiger partial charge in [0.05, 0.1) is 6.61 Å². The Morgan fingerprint density at radius 1 is 1.25 bits per heavy atom. The molecule has 0 spiro atoms. The van der Waals surface area contributed by atoms with Crippen molar-refractivity contribution in [1.29, 1.82) is 0 Å². The number of hydrogen-bond acceptors (Lipinski definition) is 5. The summed E-state index contributed by atoms with van der Waals surface area (Å²) in [6.45, 7) is 4.58. The average molecular weight is 331 g/mol. The molecule has 1 atom stereocenters. The van der Waals surface area contributed by atoms with Gasteiger partial charge in [0, 0.05) is 18.7 Å². The first-order valence-corrected chi connectivity index (χ1v) is 8.83. The molecule has 3 rings (SSSR count). The Bertz CT molecular complexity index is 613. The van der Waals surface area contributed by atoms with Crippen molar-refractivity contribution in [2.24, 2.45) is 0 Å². The van der Waals surface area contributed by atoms with E-state index in [2.05, 4.69) is 4.90 Å². The fraction of sp³-hybridized carbons (Fsp3) is 0.579. The van der Waals surface area contributed by atoms with Crippen LogP contribution in [0, 0.1) is 0 Å². The summed E-state index contributed by atoms with van der Waals surface area (Å²) in [5.41, 5.74) is 3.22. The van der Waals surface area contributed by atoms with Gasteiger partial charge in [0.1, 0.15) is 0 Å². The van der Waals surface area contributed by atoms with Crippen LogP contribution >= 0.6 is 0 Å². The molecule has 1 heterocycles. The van der Waals surface area contributed by atoms with Crippen molar-refractivity contribution in [1.82, 2.24) is 4.90 Å². The molecule has 0 amide bonds. The van der Waals surface area contributed by atoms with Crippen LogP contribution in [0.15, 0.2) is 18.2 Å². The van der Waals surface area contributed by atoms with Gasteiger partial charge in [-0.25, -0.2) is 4.79 Å². The fourth-order valence-corrected chi connectivity index (χ4v) is 3.35. The number of ketones is 1. The van der Waals surface area contributed by atoms with E-state index in [9.17, 15) is 9.59 Å². The van der Waals surface area contributed by atoms with E-state index in [1.165, 1.54) is 24.0 Å². The third-order valence-electron chi connectivity index (χ3n) is 4.88. The minimum absolute atomic E-state index is 0.153. The summed E-state index contributed by atoms with van der Waals surface area (Å²) in [6.07, 6.45) is 3.92. The van der Waals surface area contributed by atoms with Gasteiger partial charge in [0.25, 0.3) is 0 Å². The number of carbonyl (C=O) groups excluding carboxylic acids is 2. The van der Waals surface area contributed by atoms with E-state index < -0.39 is 12.1 Å². The molecular formula is C19H25NO4. The van der Waals surface area contributed by atoms with E-state index in [1.54, 1.807) is 0 Å². The van der Waals surface area contributed by atoms with Crippen LogP contribution in [0.25, 0.3) is 0 Å². The summed E-state index contributed by atoms with van der Waals surface area (Å²) in [5.74, 6) is -0.598. The lowest BCUT2D eigenvalue weighted by Gasteiger charge is -2.30. The Balaban J connectivity index is 1.54. The van der Waals surface area contributed by atoms with E-state index in [1.807, 2.05) is 25.1 Å². The van der Waals surface area contributed by atoms with Gasteiger partial charge in [-0.3, -0.25) is 9.69 Å². The third-order valence-corrected chi connectivity index (χ3v) is 4.88. The van der Waals surface area contributed by atoms with Crippen LogP contribution in [0.1, 0.15) is 41.3 Å². The molecule has 1 aromatic rings. The number of ether oxygens (including phenoxy) is 2. The molecule has 0 bridgehead atoms. The summed E-state index contributed by atoms with van der Waals surface area (Å²) >= 11 is 0. The van der Waals surface area contributed by atoms with Gasteiger partial charge in [-0.2, -0.15) is 0 Å². The number of fused-ring (bicyclic) bond motifs is 1. The maximum Gasteiger partial charge on any atom is 0.337 e. The molecule has 24 heavy (non-hydrogen) atoms. The van der Waals surface area contributed by atoms with E-state index in [0.29, 0.717) is 18.7 Å². The van der Waals surface area contributed by atoms with E-state index in [-0.39, 0.29) is 12.4 Å². The number of esters is 1. The summed E-state index contributed by atoms with van der Waals surface area (Å²) < 4.78 is 10.7. The smallest absolute Gasteiger partial charge is 0.337 e. The van der Waals surface area contributed by atoms with Gasteiger partial charge in [-0.05, 0) is 49.4 Å². The molecule has 1 aliphatic carbocycles. The van der Waals surface area contributed by atoms with Crippen LogP contribution in [0.3, 0.4) is 0 Å². The van der Waals surface area contributed by atoms with E-state index in [0.717, 1.165) is 25.9 Å². The normalized spacial score (nSPS) is 21.1. The molecule has 0 aromatic heterocycles. The van der Waals surface area contributed by atoms with Gasteiger partial charge in [0.2, 0.25) is 0 Å². The number of morpholine rings is 1. The van der Waals surface area contributed by atoms with Crippen molar-refractivity contribution < 1.29 is 19.1 Å². The number of hydrogen-bond donors (Lipinski definition) is 0. The Morgan fingerprint density at radius 3 is 2.83 bits per heavy atom. The van der Waals surface area contributed by atoms with Gasteiger partial charge in [-0.1, -0.05) is 19.1 Å². The lowest BCUT2D eigenvalue weighted by atomic mass is 9.90. The second-order valence-corrected chi connectivity index (χ2v) is 6.47. The topological polar surface area (TPSA) is 55.8 Å². The Hall–Kier alpha value is -1.72. The Morgan fingerprint density at radius 2 is 2.04 bits per heavy atom. The van der Waals surface area contributed by atoms with Gasteiger partial charge < -0.3 is 9.47 Å². The number of Topliss-reactive ketones (excluding diaryl/α,β-unsaturated/α-hetero) is 1. The van der Waals surface area contributed by atoms with Gasteiger partial charge in [-0.15, -0.1) is 0 Å². The number of benzene rings is 1. The predicted octanol–water partition coefficient (Wildman–Crippen LogP) is 2.01. The van der Waals surface area contributed by atoms with E-state index >= 15 is 0 Å². The summed E-state index contributed by atoms with van der Waals surface area (Å²) in [5, 5.41) is 0. The quantitative estimate of drug-likeness (QED) is 0.610. The predicted molar refractivity (Wildman–Crippen MR) is 90.2 cm³/mol. The number of rotatable bonds is 5. The van der Waals surface area contributed by atoms with Crippen molar-refractivity contribution in [2.75, 3.05) is 32.8 Å². The second kappa shape index (κ2) is 7.90. The van der Waals surface area contributed by atoms with Gasteiger partial charge in [0.15, 0.2) is 18.5 Å². The molecule has 0 unspecified atom stereocenters. The highest BCUT2D eigenvalue weighted by molar-refractivity contribution is 5.98. The molecule has 0 saturated carbocycles. The molecular weight excluding hydrogens is 306 g/mol. The minimum Gasteiger partial charge on any atom is -0.455 e. The summed E-state index contributed by atoms with van der Waals surface area (Å²) in [7, 11) is 0.